The van der Waals surface area contributed by atoms with Crippen molar-refractivity contribution in [3.05, 3.63) is 0 Å². The van der Waals surface area contributed by atoms with Crippen molar-refractivity contribution in [3.8, 4) is 0 Å². The molecule has 2 fully saturated rings. The molecule has 2 aliphatic rings. The lowest BCUT2D eigenvalue weighted by molar-refractivity contribution is -0.122. The first-order valence-electron chi connectivity index (χ1n) is 4.91. The van der Waals surface area contributed by atoms with Gasteiger partial charge in [0.25, 0.3) is 0 Å². The molecular formula is C10H17NO2. The van der Waals surface area contributed by atoms with Gasteiger partial charge in [0.2, 0.25) is 0 Å². The lowest BCUT2D eigenvalue weighted by Crippen LogP contribution is -2.48. The van der Waals surface area contributed by atoms with E-state index in [4.69, 9.17) is 4.74 Å². The molecule has 2 aliphatic heterocycles. The first-order chi connectivity index (χ1) is 6.00. The molecule has 0 aromatic carbocycles. The first kappa shape index (κ1) is 9.16. The maximum absolute atomic E-state index is 11.5. The molecule has 0 spiro atoms. The van der Waals surface area contributed by atoms with Gasteiger partial charge in [-0.1, -0.05) is 0 Å². The summed E-state index contributed by atoms with van der Waals surface area (Å²) < 4.78 is 5.42. The second-order valence-electron chi connectivity index (χ2n) is 4.91. The molecule has 74 valence electrons. The summed E-state index contributed by atoms with van der Waals surface area (Å²) in [6, 6.07) is 0.0417. The van der Waals surface area contributed by atoms with Crippen LogP contribution in [-0.2, 0) is 9.53 Å². The van der Waals surface area contributed by atoms with Crippen molar-refractivity contribution < 1.29 is 9.53 Å². The first-order valence-corrected chi connectivity index (χ1v) is 4.91. The van der Waals surface area contributed by atoms with Crippen LogP contribution in [0.5, 0.6) is 0 Å². The molecule has 0 N–H and O–H groups in total. The smallest absolute Gasteiger partial charge is 0.178 e. The number of carbonyl (C=O) groups is 1. The normalized spacial score (nSPS) is 35.5. The minimum Gasteiger partial charge on any atom is -0.368 e. The molecule has 0 radical (unpaired) electrons. The molecule has 0 aliphatic carbocycles. The Balaban J connectivity index is 2.19. The van der Waals surface area contributed by atoms with Gasteiger partial charge in [-0.2, -0.15) is 0 Å². The third-order valence-electron chi connectivity index (χ3n) is 2.97. The van der Waals surface area contributed by atoms with Gasteiger partial charge in [0, 0.05) is 12.1 Å². The van der Waals surface area contributed by atoms with Crippen molar-refractivity contribution in [1.29, 1.82) is 0 Å². The highest BCUT2D eigenvalue weighted by molar-refractivity contribution is 5.88. The Hall–Kier alpha value is -0.410. The fourth-order valence-corrected chi connectivity index (χ4v) is 2.35. The van der Waals surface area contributed by atoms with Gasteiger partial charge in [-0.3, -0.25) is 9.69 Å². The number of nitrogens with zero attached hydrogens (tertiary/aromatic N) is 1. The van der Waals surface area contributed by atoms with Gasteiger partial charge >= 0.3 is 0 Å². The van der Waals surface area contributed by atoms with Crippen LogP contribution in [0.15, 0.2) is 0 Å². The maximum atomic E-state index is 11.5. The molecule has 2 atom stereocenters. The highest BCUT2D eigenvalue weighted by Crippen LogP contribution is 2.32. The van der Waals surface area contributed by atoms with Crippen LogP contribution in [0.1, 0.15) is 27.2 Å². The topological polar surface area (TPSA) is 29.5 Å². The van der Waals surface area contributed by atoms with Crippen LogP contribution < -0.4 is 0 Å². The van der Waals surface area contributed by atoms with Gasteiger partial charge in [0.15, 0.2) is 5.78 Å². The molecule has 2 heterocycles. The van der Waals surface area contributed by atoms with Gasteiger partial charge in [-0.05, 0) is 27.2 Å². The maximum Gasteiger partial charge on any atom is 0.178 e. The third kappa shape index (κ3) is 1.40. The Morgan fingerprint density at radius 2 is 2.15 bits per heavy atom. The second kappa shape index (κ2) is 2.79. The quantitative estimate of drug-likeness (QED) is 0.557. The summed E-state index contributed by atoms with van der Waals surface area (Å²) in [7, 11) is 0. The van der Waals surface area contributed by atoms with E-state index in [2.05, 4.69) is 25.7 Å². The number of Topliss-reactive ketones (excluding diaryl/α,β-unsaturated/α-hetero) is 1. The highest BCUT2D eigenvalue weighted by Gasteiger charge is 2.47. The van der Waals surface area contributed by atoms with Crippen molar-refractivity contribution in [2.45, 2.75) is 44.9 Å². The minimum absolute atomic E-state index is 0.0417. The van der Waals surface area contributed by atoms with Crippen molar-refractivity contribution >= 4 is 5.78 Å². The fourth-order valence-electron chi connectivity index (χ4n) is 2.35. The largest absolute Gasteiger partial charge is 0.368 e. The molecule has 0 aromatic rings. The van der Waals surface area contributed by atoms with Gasteiger partial charge in [-0.25, -0.2) is 0 Å². The molecule has 0 aromatic heterocycles. The average Bonchev–Trinajstić information content (AvgIpc) is 2.51. The monoisotopic (exact) mass is 183 g/mol. The molecule has 13 heavy (non-hydrogen) atoms. The molecule has 3 nitrogen and oxygen atoms in total. The zero-order valence-corrected chi connectivity index (χ0v) is 8.54. The zero-order chi connectivity index (χ0) is 9.64. The number of hydrogen-bond acceptors (Lipinski definition) is 3. The van der Waals surface area contributed by atoms with E-state index >= 15 is 0 Å². The van der Waals surface area contributed by atoms with Crippen molar-refractivity contribution in [1.82, 2.24) is 4.90 Å². The van der Waals surface area contributed by atoms with Crippen molar-refractivity contribution in [3.63, 3.8) is 0 Å². The lowest BCUT2D eigenvalue weighted by atomic mass is 10.0. The predicted octanol–water partition coefficient (Wildman–Crippen LogP) is 0.827. The van der Waals surface area contributed by atoms with E-state index in [-0.39, 0.29) is 23.5 Å². The van der Waals surface area contributed by atoms with E-state index in [9.17, 15) is 4.79 Å². The Bertz CT molecular complexity index is 232. The van der Waals surface area contributed by atoms with E-state index in [1.807, 2.05) is 0 Å². The minimum atomic E-state index is 0.0417. The SMILES string of the molecule is CC(C)(C)N1CC[C@H]2OCC(=O)[C@H]21. The van der Waals surface area contributed by atoms with E-state index in [0.29, 0.717) is 6.61 Å². The van der Waals surface area contributed by atoms with Crippen LogP contribution in [0.2, 0.25) is 0 Å². The van der Waals surface area contributed by atoms with Gasteiger partial charge in [0.05, 0.1) is 12.1 Å². The summed E-state index contributed by atoms with van der Waals surface area (Å²) in [5.41, 5.74) is 0.0861. The lowest BCUT2D eigenvalue weighted by Gasteiger charge is -2.35. The van der Waals surface area contributed by atoms with Crippen molar-refractivity contribution in [2.75, 3.05) is 13.2 Å². The molecule has 0 saturated carbocycles. The number of fused-ring (bicyclic) bond motifs is 1. The summed E-state index contributed by atoms with van der Waals surface area (Å²) in [5, 5.41) is 0. The number of hydrogen-bond donors (Lipinski definition) is 0. The number of carbonyl (C=O) groups excluding carboxylic acids is 1. The molecular weight excluding hydrogens is 166 g/mol. The molecule has 2 saturated heterocycles. The van der Waals surface area contributed by atoms with Crippen LogP contribution in [0.25, 0.3) is 0 Å². The zero-order valence-electron chi connectivity index (χ0n) is 8.54. The number of likely N-dealkylation sites (tertiary alicyclic amines) is 1. The second-order valence-corrected chi connectivity index (χ2v) is 4.91. The molecule has 0 amide bonds. The summed E-state index contributed by atoms with van der Waals surface area (Å²) in [6.07, 6.45) is 1.18. The standard InChI is InChI=1S/C10H17NO2/c1-10(2,3)11-5-4-8-9(11)7(12)6-13-8/h8-9H,4-6H2,1-3H3/t8-,9-/m1/s1. The van der Waals surface area contributed by atoms with Crippen LogP contribution in [0, 0.1) is 0 Å². The Morgan fingerprint density at radius 1 is 1.46 bits per heavy atom. The van der Waals surface area contributed by atoms with E-state index in [1.165, 1.54) is 0 Å². The predicted molar refractivity (Wildman–Crippen MR) is 49.6 cm³/mol. The van der Waals surface area contributed by atoms with Gasteiger partial charge in [0.1, 0.15) is 6.61 Å². The number of ketones is 1. The summed E-state index contributed by atoms with van der Waals surface area (Å²) >= 11 is 0. The van der Waals surface area contributed by atoms with Gasteiger partial charge < -0.3 is 4.74 Å². The van der Waals surface area contributed by atoms with Crippen LogP contribution in [0.3, 0.4) is 0 Å². The van der Waals surface area contributed by atoms with Crippen molar-refractivity contribution in [2.24, 2.45) is 0 Å². The van der Waals surface area contributed by atoms with E-state index in [0.717, 1.165) is 13.0 Å². The van der Waals surface area contributed by atoms with E-state index < -0.39 is 0 Å². The van der Waals surface area contributed by atoms with Gasteiger partial charge in [-0.15, -0.1) is 0 Å². The Morgan fingerprint density at radius 3 is 2.77 bits per heavy atom. The summed E-state index contributed by atoms with van der Waals surface area (Å²) in [4.78, 5) is 13.8. The van der Waals surface area contributed by atoms with Crippen LogP contribution in [-0.4, -0.2) is 41.5 Å². The molecule has 2 rings (SSSR count). The summed E-state index contributed by atoms with van der Waals surface area (Å²) in [5.74, 6) is 0.262. The molecule has 0 bridgehead atoms. The Labute approximate surface area is 79.0 Å². The third-order valence-corrected chi connectivity index (χ3v) is 2.97. The number of rotatable bonds is 0. The Kier molecular flexibility index (Phi) is 1.96. The van der Waals surface area contributed by atoms with E-state index in [1.54, 1.807) is 0 Å². The molecule has 0 unspecified atom stereocenters. The fraction of sp³-hybridized carbons (Fsp3) is 0.900. The molecule has 3 heteroatoms. The van der Waals surface area contributed by atoms with Crippen LogP contribution >= 0.6 is 0 Å². The number of ether oxygens (including phenoxy) is 1. The summed E-state index contributed by atoms with van der Waals surface area (Å²) in [6.45, 7) is 7.77. The average molecular weight is 183 g/mol. The highest BCUT2D eigenvalue weighted by atomic mass is 16.5. The van der Waals surface area contributed by atoms with Crippen LogP contribution in [0.4, 0.5) is 0 Å².